The Balaban J connectivity index is 1.31. The van der Waals surface area contributed by atoms with Crippen molar-refractivity contribution in [2.45, 2.75) is 26.3 Å². The highest BCUT2D eigenvalue weighted by Crippen LogP contribution is 2.26. The molecule has 2 aromatic rings. The van der Waals surface area contributed by atoms with Crippen LogP contribution in [-0.4, -0.2) is 55.0 Å². The summed E-state index contributed by atoms with van der Waals surface area (Å²) >= 11 is 0. The van der Waals surface area contributed by atoms with Crippen LogP contribution in [0.1, 0.15) is 23.1 Å². The monoisotopic (exact) mass is 363 g/mol. The number of carbonyl (C=O) groups excluding carboxylic acids is 1. The smallest absolute Gasteiger partial charge is 0.241 e. The molecule has 0 aromatic heterocycles. The van der Waals surface area contributed by atoms with Crippen molar-refractivity contribution in [1.29, 1.82) is 0 Å². The number of hydrogen-bond acceptors (Lipinski definition) is 3. The molecule has 4 heteroatoms. The molecule has 0 aliphatic carbocycles. The number of piperazine rings is 1. The van der Waals surface area contributed by atoms with Gasteiger partial charge >= 0.3 is 0 Å². The third kappa shape index (κ3) is 4.23. The lowest BCUT2D eigenvalue weighted by Crippen LogP contribution is -2.50. The highest BCUT2D eigenvalue weighted by atomic mass is 16.2. The number of benzene rings is 2. The summed E-state index contributed by atoms with van der Waals surface area (Å²) in [6.07, 6.45) is 2.14. The minimum atomic E-state index is 0.245. The van der Waals surface area contributed by atoms with Crippen LogP contribution in [0.5, 0.6) is 0 Å². The Bertz CT molecular complexity index is 796. The van der Waals surface area contributed by atoms with Crippen LogP contribution in [0.25, 0.3) is 0 Å². The van der Waals surface area contributed by atoms with E-state index in [9.17, 15) is 4.79 Å². The first-order chi connectivity index (χ1) is 13.2. The summed E-state index contributed by atoms with van der Waals surface area (Å²) in [5.41, 5.74) is 5.19. The maximum absolute atomic E-state index is 12.9. The Kier molecular flexibility index (Phi) is 5.55. The summed E-state index contributed by atoms with van der Waals surface area (Å²) in [6.45, 7) is 8.56. The van der Waals surface area contributed by atoms with Crippen LogP contribution >= 0.6 is 0 Å². The van der Waals surface area contributed by atoms with E-state index < -0.39 is 0 Å². The maximum Gasteiger partial charge on any atom is 0.241 e. The average Bonchev–Trinajstić information content (AvgIpc) is 2.70. The van der Waals surface area contributed by atoms with Crippen molar-refractivity contribution in [3.63, 3.8) is 0 Å². The zero-order valence-corrected chi connectivity index (χ0v) is 16.2. The number of aryl methyl sites for hydroxylation is 2. The molecule has 0 bridgehead atoms. The largest absolute Gasteiger partial charge is 0.311 e. The van der Waals surface area contributed by atoms with Crippen molar-refractivity contribution in [2.24, 2.45) is 0 Å². The number of carbonyl (C=O) groups is 1. The maximum atomic E-state index is 12.9. The predicted molar refractivity (Wildman–Crippen MR) is 110 cm³/mol. The van der Waals surface area contributed by atoms with Gasteiger partial charge in [0.25, 0.3) is 0 Å². The van der Waals surface area contributed by atoms with Crippen LogP contribution in [0.3, 0.4) is 0 Å². The Hall–Kier alpha value is -2.17. The van der Waals surface area contributed by atoms with Crippen molar-refractivity contribution in [3.05, 3.63) is 65.2 Å². The van der Waals surface area contributed by atoms with E-state index in [1.807, 2.05) is 11.0 Å². The number of amides is 1. The molecule has 0 atom stereocenters. The number of fused-ring (bicyclic) bond motifs is 1. The molecular weight excluding hydrogens is 334 g/mol. The standard InChI is InChI=1S/C23H29N3O/c1-19-7-2-3-9-21(19)17-24-13-15-25(16-14-24)18-23(27)26-12-6-10-20-8-4-5-11-22(20)26/h2-5,7-9,11H,6,10,12-18H2,1H3. The Morgan fingerprint density at radius 1 is 0.889 bits per heavy atom. The molecule has 0 N–H and O–H groups in total. The van der Waals surface area contributed by atoms with Crippen molar-refractivity contribution >= 4 is 11.6 Å². The molecule has 0 saturated carbocycles. The molecule has 142 valence electrons. The SMILES string of the molecule is Cc1ccccc1CN1CCN(CC(=O)N2CCCc3ccccc32)CC1. The summed E-state index contributed by atoms with van der Waals surface area (Å²) in [7, 11) is 0. The van der Waals surface area contributed by atoms with Gasteiger partial charge in [0, 0.05) is 45.0 Å². The Morgan fingerprint density at radius 3 is 2.41 bits per heavy atom. The molecule has 4 nitrogen and oxygen atoms in total. The third-order valence-electron chi connectivity index (χ3n) is 5.89. The van der Waals surface area contributed by atoms with Crippen LogP contribution < -0.4 is 4.90 Å². The quantitative estimate of drug-likeness (QED) is 0.835. The Labute approximate surface area is 162 Å². The second-order valence-electron chi connectivity index (χ2n) is 7.76. The molecule has 2 aliphatic rings. The van der Waals surface area contributed by atoms with E-state index in [0.29, 0.717) is 6.54 Å². The Morgan fingerprint density at radius 2 is 1.59 bits per heavy atom. The lowest BCUT2D eigenvalue weighted by Gasteiger charge is -2.36. The minimum absolute atomic E-state index is 0.245. The van der Waals surface area contributed by atoms with Gasteiger partial charge in [-0.3, -0.25) is 14.6 Å². The van der Waals surface area contributed by atoms with Gasteiger partial charge in [-0.15, -0.1) is 0 Å². The van der Waals surface area contributed by atoms with Gasteiger partial charge in [0.15, 0.2) is 0 Å². The average molecular weight is 364 g/mol. The molecule has 0 unspecified atom stereocenters. The zero-order chi connectivity index (χ0) is 18.6. The molecule has 0 spiro atoms. The predicted octanol–water partition coefficient (Wildman–Crippen LogP) is 3.09. The first-order valence-electron chi connectivity index (χ1n) is 10.1. The van der Waals surface area contributed by atoms with Gasteiger partial charge in [0.1, 0.15) is 0 Å². The van der Waals surface area contributed by atoms with E-state index in [1.54, 1.807) is 0 Å². The summed E-state index contributed by atoms with van der Waals surface area (Å²) < 4.78 is 0. The number of rotatable bonds is 4. The topological polar surface area (TPSA) is 26.8 Å². The summed E-state index contributed by atoms with van der Waals surface area (Å²) in [5.74, 6) is 0.245. The molecule has 2 aromatic carbocycles. The molecule has 27 heavy (non-hydrogen) atoms. The van der Waals surface area contributed by atoms with Crippen molar-refractivity contribution in [3.8, 4) is 0 Å². The number of anilines is 1. The van der Waals surface area contributed by atoms with E-state index in [1.165, 1.54) is 16.7 Å². The van der Waals surface area contributed by atoms with Crippen LogP contribution in [0.4, 0.5) is 5.69 Å². The second kappa shape index (κ2) is 8.24. The van der Waals surface area contributed by atoms with Gasteiger partial charge in [0.2, 0.25) is 5.91 Å². The van der Waals surface area contributed by atoms with E-state index in [-0.39, 0.29) is 5.91 Å². The van der Waals surface area contributed by atoms with Gasteiger partial charge in [-0.25, -0.2) is 0 Å². The van der Waals surface area contributed by atoms with Crippen LogP contribution in [-0.2, 0) is 17.8 Å². The van der Waals surface area contributed by atoms with Gasteiger partial charge in [0.05, 0.1) is 6.54 Å². The normalized spacial score (nSPS) is 18.3. The molecular formula is C23H29N3O. The third-order valence-corrected chi connectivity index (χ3v) is 5.89. The van der Waals surface area contributed by atoms with Gasteiger partial charge in [-0.2, -0.15) is 0 Å². The van der Waals surface area contributed by atoms with Crippen molar-refractivity contribution in [1.82, 2.24) is 9.80 Å². The molecule has 2 aliphatic heterocycles. The van der Waals surface area contributed by atoms with Crippen LogP contribution in [0.2, 0.25) is 0 Å². The summed E-state index contributed by atoms with van der Waals surface area (Å²) in [4.78, 5) is 19.7. The van der Waals surface area contributed by atoms with Gasteiger partial charge in [-0.1, -0.05) is 42.5 Å². The number of nitrogens with zero attached hydrogens (tertiary/aromatic N) is 3. The summed E-state index contributed by atoms with van der Waals surface area (Å²) in [5, 5.41) is 0. The van der Waals surface area contributed by atoms with E-state index in [4.69, 9.17) is 0 Å². The van der Waals surface area contributed by atoms with Crippen LogP contribution in [0.15, 0.2) is 48.5 Å². The molecule has 1 amide bonds. The first kappa shape index (κ1) is 18.2. The van der Waals surface area contributed by atoms with Crippen molar-refractivity contribution in [2.75, 3.05) is 44.2 Å². The molecule has 2 heterocycles. The minimum Gasteiger partial charge on any atom is -0.311 e. The molecule has 0 radical (unpaired) electrons. The number of hydrogen-bond donors (Lipinski definition) is 0. The molecule has 4 rings (SSSR count). The fourth-order valence-corrected chi connectivity index (χ4v) is 4.20. The zero-order valence-electron chi connectivity index (χ0n) is 16.2. The molecule has 1 saturated heterocycles. The van der Waals surface area contributed by atoms with E-state index >= 15 is 0 Å². The van der Waals surface area contributed by atoms with Gasteiger partial charge in [-0.05, 0) is 42.5 Å². The lowest BCUT2D eigenvalue weighted by atomic mass is 10.0. The van der Waals surface area contributed by atoms with Gasteiger partial charge < -0.3 is 4.90 Å². The fraction of sp³-hybridized carbons (Fsp3) is 0.435. The van der Waals surface area contributed by atoms with Crippen LogP contribution in [0, 0.1) is 6.92 Å². The van der Waals surface area contributed by atoms with E-state index in [0.717, 1.165) is 57.8 Å². The lowest BCUT2D eigenvalue weighted by molar-refractivity contribution is -0.120. The summed E-state index contributed by atoms with van der Waals surface area (Å²) in [6, 6.07) is 17.0. The van der Waals surface area contributed by atoms with Crippen molar-refractivity contribution < 1.29 is 4.79 Å². The fourth-order valence-electron chi connectivity index (χ4n) is 4.20. The number of para-hydroxylation sites is 1. The molecule has 1 fully saturated rings. The van der Waals surface area contributed by atoms with E-state index in [2.05, 4.69) is 59.2 Å². The highest BCUT2D eigenvalue weighted by Gasteiger charge is 2.25. The first-order valence-corrected chi connectivity index (χ1v) is 10.1. The second-order valence-corrected chi connectivity index (χ2v) is 7.76. The highest BCUT2D eigenvalue weighted by molar-refractivity contribution is 5.95.